The molecule has 1 saturated carbocycles. The largest absolute Gasteiger partial charge is 0.393 e. The van der Waals surface area contributed by atoms with Crippen LogP contribution in [0.25, 0.3) is 0 Å². The summed E-state index contributed by atoms with van der Waals surface area (Å²) in [5.74, 6) is 1.17. The maximum atomic E-state index is 9.96. The van der Waals surface area contributed by atoms with Gasteiger partial charge in [-0.05, 0) is 44.6 Å². The molecule has 6 nitrogen and oxygen atoms in total. The lowest BCUT2D eigenvalue weighted by Crippen LogP contribution is -2.39. The molecule has 1 aliphatic heterocycles. The first-order chi connectivity index (χ1) is 14.7. The van der Waals surface area contributed by atoms with Gasteiger partial charge in [-0.2, -0.15) is 0 Å². The molecule has 2 unspecified atom stereocenters. The Bertz CT molecular complexity index is 617. The van der Waals surface area contributed by atoms with Crippen LogP contribution < -0.4 is 10.6 Å². The van der Waals surface area contributed by atoms with Crippen LogP contribution in [0.3, 0.4) is 0 Å². The number of likely N-dealkylation sites (tertiary alicyclic amines) is 1. The highest BCUT2D eigenvalue weighted by molar-refractivity contribution is 5.79. The summed E-state index contributed by atoms with van der Waals surface area (Å²) in [4.78, 5) is 7.19. The summed E-state index contributed by atoms with van der Waals surface area (Å²) in [7, 11) is 0. The highest BCUT2D eigenvalue weighted by Crippen LogP contribution is 2.25. The lowest BCUT2D eigenvalue weighted by atomic mass is 10.1. The molecule has 0 radical (unpaired) electrons. The van der Waals surface area contributed by atoms with Gasteiger partial charge >= 0.3 is 0 Å². The summed E-state index contributed by atoms with van der Waals surface area (Å²) in [6.45, 7) is 8.54. The van der Waals surface area contributed by atoms with E-state index >= 15 is 0 Å². The molecule has 0 bridgehead atoms. The molecule has 2 fully saturated rings. The number of hydrogen-bond donors (Lipinski definition) is 3. The van der Waals surface area contributed by atoms with Gasteiger partial charge in [0.25, 0.3) is 0 Å². The number of nitrogens with zero attached hydrogens (tertiary/aromatic N) is 2. The van der Waals surface area contributed by atoms with Gasteiger partial charge in [0.2, 0.25) is 0 Å². The smallest absolute Gasteiger partial charge is 0.191 e. The van der Waals surface area contributed by atoms with E-state index in [2.05, 4.69) is 57.8 Å². The fourth-order valence-electron chi connectivity index (χ4n) is 4.39. The predicted octanol–water partition coefficient (Wildman–Crippen LogP) is 2.77. The SMILES string of the molecule is CCNC(=NCC1CCCC1O)NCCCOC1CCN(Cc2ccccc2)CC1. The minimum absolute atomic E-state index is 0.177. The Morgan fingerprint density at radius 2 is 1.93 bits per heavy atom. The molecule has 0 aromatic heterocycles. The molecule has 6 heteroatoms. The van der Waals surface area contributed by atoms with Crippen LogP contribution in [0.5, 0.6) is 0 Å². The molecule has 1 aromatic rings. The Labute approximate surface area is 182 Å². The van der Waals surface area contributed by atoms with Crippen molar-refractivity contribution in [1.82, 2.24) is 15.5 Å². The van der Waals surface area contributed by atoms with Crippen LogP contribution in [0.2, 0.25) is 0 Å². The Kier molecular flexibility index (Phi) is 9.93. The molecule has 1 aliphatic carbocycles. The van der Waals surface area contributed by atoms with Crippen LogP contribution in [-0.2, 0) is 11.3 Å². The van der Waals surface area contributed by atoms with Gasteiger partial charge in [0.1, 0.15) is 0 Å². The maximum Gasteiger partial charge on any atom is 0.191 e. The summed E-state index contributed by atoms with van der Waals surface area (Å²) >= 11 is 0. The number of ether oxygens (including phenoxy) is 1. The van der Waals surface area contributed by atoms with E-state index in [4.69, 9.17) is 4.74 Å². The molecule has 1 saturated heterocycles. The number of aliphatic imine (C=N–C) groups is 1. The molecule has 1 heterocycles. The Morgan fingerprint density at radius 1 is 1.13 bits per heavy atom. The fraction of sp³-hybridized carbons (Fsp3) is 0.708. The zero-order valence-corrected chi connectivity index (χ0v) is 18.6. The molecule has 3 N–H and O–H groups in total. The number of aliphatic hydroxyl groups is 1. The number of nitrogens with one attached hydrogen (secondary N) is 2. The minimum Gasteiger partial charge on any atom is -0.393 e. The fourth-order valence-corrected chi connectivity index (χ4v) is 4.39. The van der Waals surface area contributed by atoms with Gasteiger partial charge in [0, 0.05) is 51.8 Å². The molecule has 168 valence electrons. The number of guanidine groups is 1. The first-order valence-electron chi connectivity index (χ1n) is 11.8. The summed E-state index contributed by atoms with van der Waals surface area (Å²) in [6.07, 6.45) is 6.55. The number of benzene rings is 1. The molecule has 1 aromatic carbocycles. The van der Waals surface area contributed by atoms with E-state index in [1.54, 1.807) is 0 Å². The van der Waals surface area contributed by atoms with Crippen molar-refractivity contribution in [2.75, 3.05) is 39.3 Å². The van der Waals surface area contributed by atoms with Crippen LogP contribution in [0.1, 0.15) is 51.0 Å². The van der Waals surface area contributed by atoms with Crippen LogP contribution in [0.15, 0.2) is 35.3 Å². The van der Waals surface area contributed by atoms with Crippen LogP contribution in [0.4, 0.5) is 0 Å². The zero-order valence-electron chi connectivity index (χ0n) is 18.6. The number of hydrogen-bond acceptors (Lipinski definition) is 4. The van der Waals surface area contributed by atoms with Gasteiger partial charge in [0.05, 0.1) is 12.2 Å². The molecule has 2 atom stereocenters. The van der Waals surface area contributed by atoms with Gasteiger partial charge in [-0.3, -0.25) is 9.89 Å². The van der Waals surface area contributed by atoms with Crippen molar-refractivity contribution in [2.24, 2.45) is 10.9 Å². The predicted molar refractivity (Wildman–Crippen MR) is 123 cm³/mol. The lowest BCUT2D eigenvalue weighted by Gasteiger charge is -2.32. The monoisotopic (exact) mass is 416 g/mol. The second-order valence-electron chi connectivity index (χ2n) is 8.59. The average molecular weight is 417 g/mol. The lowest BCUT2D eigenvalue weighted by molar-refractivity contribution is 0.00534. The Morgan fingerprint density at radius 3 is 2.63 bits per heavy atom. The van der Waals surface area contributed by atoms with Crippen molar-refractivity contribution in [1.29, 1.82) is 0 Å². The second-order valence-corrected chi connectivity index (χ2v) is 8.59. The summed E-state index contributed by atoms with van der Waals surface area (Å²) in [6, 6.07) is 10.7. The van der Waals surface area contributed by atoms with Gasteiger partial charge in [-0.1, -0.05) is 36.8 Å². The van der Waals surface area contributed by atoms with Crippen molar-refractivity contribution >= 4 is 5.96 Å². The van der Waals surface area contributed by atoms with Crippen molar-refractivity contribution in [3.05, 3.63) is 35.9 Å². The molecule has 30 heavy (non-hydrogen) atoms. The van der Waals surface area contributed by atoms with Crippen molar-refractivity contribution in [3.8, 4) is 0 Å². The maximum absolute atomic E-state index is 9.96. The molecule has 3 rings (SSSR count). The van der Waals surface area contributed by atoms with Crippen LogP contribution in [-0.4, -0.2) is 67.5 Å². The average Bonchev–Trinajstić information content (AvgIpc) is 3.18. The molecule has 2 aliphatic rings. The van der Waals surface area contributed by atoms with E-state index in [9.17, 15) is 5.11 Å². The summed E-state index contributed by atoms with van der Waals surface area (Å²) < 4.78 is 6.12. The first-order valence-corrected chi connectivity index (χ1v) is 11.8. The van der Waals surface area contributed by atoms with E-state index in [0.717, 1.165) is 83.8 Å². The van der Waals surface area contributed by atoms with Crippen molar-refractivity contribution in [3.63, 3.8) is 0 Å². The number of rotatable bonds is 10. The van der Waals surface area contributed by atoms with Crippen LogP contribution in [0, 0.1) is 5.92 Å². The van der Waals surface area contributed by atoms with E-state index in [1.807, 2.05) is 0 Å². The standard InChI is InChI=1S/C24H40N4O2/c1-2-25-24(27-18-21-10-6-11-23(21)29)26-14-7-17-30-22-12-15-28(16-13-22)19-20-8-4-3-5-9-20/h3-5,8-9,21-23,29H,2,6-7,10-19H2,1H3,(H2,25,26,27). The Balaban J connectivity index is 1.26. The van der Waals surface area contributed by atoms with Gasteiger partial charge in [-0.15, -0.1) is 0 Å². The normalized spacial score (nSPS) is 23.6. The first kappa shape index (κ1) is 23.0. The highest BCUT2D eigenvalue weighted by atomic mass is 16.5. The summed E-state index contributed by atoms with van der Waals surface area (Å²) in [5.41, 5.74) is 1.39. The second kappa shape index (κ2) is 12.9. The topological polar surface area (TPSA) is 69.1 Å². The summed E-state index contributed by atoms with van der Waals surface area (Å²) in [5, 5.41) is 16.7. The zero-order chi connectivity index (χ0) is 21.0. The molecule has 0 amide bonds. The molecule has 0 spiro atoms. The highest BCUT2D eigenvalue weighted by Gasteiger charge is 2.24. The van der Waals surface area contributed by atoms with E-state index in [1.165, 1.54) is 5.56 Å². The van der Waals surface area contributed by atoms with Crippen LogP contribution >= 0.6 is 0 Å². The van der Waals surface area contributed by atoms with E-state index in [-0.39, 0.29) is 6.10 Å². The third-order valence-corrected chi connectivity index (χ3v) is 6.20. The minimum atomic E-state index is -0.177. The third-order valence-electron chi connectivity index (χ3n) is 6.20. The van der Waals surface area contributed by atoms with Gasteiger partial charge < -0.3 is 20.5 Å². The molecular formula is C24H40N4O2. The van der Waals surface area contributed by atoms with Crippen molar-refractivity contribution < 1.29 is 9.84 Å². The number of aliphatic hydroxyl groups excluding tert-OH is 1. The Hall–Kier alpha value is -1.63. The van der Waals surface area contributed by atoms with Gasteiger partial charge in [-0.25, -0.2) is 0 Å². The van der Waals surface area contributed by atoms with E-state index < -0.39 is 0 Å². The quantitative estimate of drug-likeness (QED) is 0.311. The number of piperidine rings is 1. The van der Waals surface area contributed by atoms with Gasteiger partial charge in [0.15, 0.2) is 5.96 Å². The third kappa shape index (κ3) is 7.89. The molecular weight excluding hydrogens is 376 g/mol. The van der Waals surface area contributed by atoms with Crippen molar-refractivity contribution in [2.45, 2.75) is 64.2 Å². The van der Waals surface area contributed by atoms with E-state index in [0.29, 0.717) is 18.6 Å².